The SMILES string of the molecule is CC(C)CCNC(=O)c1ccccc1SCC(=O)N(C)C1CCCCC1. The van der Waals surface area contributed by atoms with Crippen LogP contribution in [-0.2, 0) is 4.79 Å². The standard InChI is InChI=1S/C21H32N2O2S/c1-16(2)13-14-22-21(25)18-11-7-8-12-19(18)26-15-20(24)23(3)17-9-5-4-6-10-17/h7-8,11-12,16-17H,4-6,9-10,13-15H2,1-3H3,(H,22,25). The molecule has 1 aromatic carbocycles. The van der Waals surface area contributed by atoms with Crippen LogP contribution in [0.3, 0.4) is 0 Å². The fraction of sp³-hybridized carbons (Fsp3) is 0.619. The first-order chi connectivity index (χ1) is 12.5. The molecule has 0 atom stereocenters. The zero-order valence-corrected chi connectivity index (χ0v) is 17.1. The minimum absolute atomic E-state index is 0.0539. The molecule has 0 aliphatic heterocycles. The summed E-state index contributed by atoms with van der Waals surface area (Å²) in [6.45, 7) is 4.97. The Bertz CT molecular complexity index is 597. The predicted octanol–water partition coefficient (Wildman–Crippen LogP) is 4.35. The molecule has 0 heterocycles. The zero-order valence-electron chi connectivity index (χ0n) is 16.3. The van der Waals surface area contributed by atoms with Crippen LogP contribution in [0.5, 0.6) is 0 Å². The van der Waals surface area contributed by atoms with Crippen molar-refractivity contribution in [1.82, 2.24) is 10.2 Å². The molecule has 1 saturated carbocycles. The first-order valence-corrected chi connectivity index (χ1v) is 10.7. The van der Waals surface area contributed by atoms with E-state index >= 15 is 0 Å². The van der Waals surface area contributed by atoms with E-state index in [0.29, 0.717) is 29.8 Å². The van der Waals surface area contributed by atoms with E-state index in [-0.39, 0.29) is 11.8 Å². The molecule has 2 amide bonds. The summed E-state index contributed by atoms with van der Waals surface area (Å²) in [5, 5.41) is 2.99. The number of rotatable bonds is 8. The summed E-state index contributed by atoms with van der Waals surface area (Å²) in [4.78, 5) is 27.8. The summed E-state index contributed by atoms with van der Waals surface area (Å²) in [5.74, 6) is 1.04. The third-order valence-electron chi connectivity index (χ3n) is 5.01. The maximum atomic E-state index is 12.5. The summed E-state index contributed by atoms with van der Waals surface area (Å²) in [6, 6.07) is 7.93. The second kappa shape index (κ2) is 10.6. The molecule has 0 saturated heterocycles. The number of hydrogen-bond donors (Lipinski definition) is 1. The van der Waals surface area contributed by atoms with Crippen LogP contribution in [0, 0.1) is 5.92 Å². The van der Waals surface area contributed by atoms with Crippen molar-refractivity contribution in [2.24, 2.45) is 5.92 Å². The van der Waals surface area contributed by atoms with Crippen LogP contribution in [0.25, 0.3) is 0 Å². The van der Waals surface area contributed by atoms with Crippen molar-refractivity contribution < 1.29 is 9.59 Å². The first kappa shape index (κ1) is 20.8. The predicted molar refractivity (Wildman–Crippen MR) is 109 cm³/mol. The molecule has 1 fully saturated rings. The van der Waals surface area contributed by atoms with E-state index in [9.17, 15) is 9.59 Å². The van der Waals surface area contributed by atoms with Gasteiger partial charge in [-0.05, 0) is 37.3 Å². The van der Waals surface area contributed by atoms with Crippen LogP contribution in [-0.4, -0.2) is 42.1 Å². The van der Waals surface area contributed by atoms with Crippen molar-refractivity contribution in [1.29, 1.82) is 0 Å². The van der Waals surface area contributed by atoms with E-state index in [1.165, 1.54) is 31.0 Å². The van der Waals surface area contributed by atoms with E-state index < -0.39 is 0 Å². The topological polar surface area (TPSA) is 49.4 Å². The quantitative estimate of drug-likeness (QED) is 0.686. The summed E-state index contributed by atoms with van der Waals surface area (Å²) >= 11 is 1.46. The van der Waals surface area contributed by atoms with E-state index in [2.05, 4.69) is 19.2 Å². The van der Waals surface area contributed by atoms with Gasteiger partial charge in [-0.3, -0.25) is 9.59 Å². The third-order valence-corrected chi connectivity index (χ3v) is 6.06. The molecule has 1 aliphatic carbocycles. The van der Waals surface area contributed by atoms with Gasteiger partial charge >= 0.3 is 0 Å². The lowest BCUT2D eigenvalue weighted by molar-refractivity contribution is -0.129. The van der Waals surface area contributed by atoms with Crippen LogP contribution >= 0.6 is 11.8 Å². The van der Waals surface area contributed by atoms with Crippen molar-refractivity contribution in [2.75, 3.05) is 19.3 Å². The molecular formula is C21H32N2O2S. The lowest BCUT2D eigenvalue weighted by Crippen LogP contribution is -2.39. The highest BCUT2D eigenvalue weighted by Gasteiger charge is 2.22. The first-order valence-electron chi connectivity index (χ1n) is 9.74. The van der Waals surface area contributed by atoms with Crippen molar-refractivity contribution in [3.8, 4) is 0 Å². The van der Waals surface area contributed by atoms with E-state index in [1.54, 1.807) is 0 Å². The van der Waals surface area contributed by atoms with E-state index in [1.807, 2.05) is 36.2 Å². The molecule has 2 rings (SSSR count). The van der Waals surface area contributed by atoms with Gasteiger partial charge in [0.15, 0.2) is 0 Å². The highest BCUT2D eigenvalue weighted by molar-refractivity contribution is 8.00. The van der Waals surface area contributed by atoms with Gasteiger partial charge in [0, 0.05) is 24.5 Å². The van der Waals surface area contributed by atoms with Gasteiger partial charge < -0.3 is 10.2 Å². The summed E-state index contributed by atoms with van der Waals surface area (Å²) in [6.07, 6.45) is 6.91. The fourth-order valence-electron chi connectivity index (χ4n) is 3.26. The van der Waals surface area contributed by atoms with Gasteiger partial charge in [-0.2, -0.15) is 0 Å². The minimum Gasteiger partial charge on any atom is -0.352 e. The normalized spacial score (nSPS) is 15.1. The van der Waals surface area contributed by atoms with Gasteiger partial charge in [-0.25, -0.2) is 0 Å². The number of hydrogen-bond acceptors (Lipinski definition) is 3. The Labute approximate surface area is 162 Å². The number of thioether (sulfide) groups is 1. The average Bonchev–Trinajstić information content (AvgIpc) is 2.66. The number of nitrogens with zero attached hydrogens (tertiary/aromatic N) is 1. The average molecular weight is 377 g/mol. The Hall–Kier alpha value is -1.49. The molecule has 0 radical (unpaired) electrons. The molecule has 26 heavy (non-hydrogen) atoms. The number of amides is 2. The van der Waals surface area contributed by atoms with Crippen LogP contribution < -0.4 is 5.32 Å². The van der Waals surface area contributed by atoms with E-state index in [4.69, 9.17) is 0 Å². The van der Waals surface area contributed by atoms with Crippen LogP contribution in [0.1, 0.15) is 62.7 Å². The Balaban J connectivity index is 1.90. The third kappa shape index (κ3) is 6.35. The van der Waals surface area contributed by atoms with Gasteiger partial charge in [0.2, 0.25) is 5.91 Å². The molecule has 1 aromatic rings. The van der Waals surface area contributed by atoms with Crippen LogP contribution in [0.4, 0.5) is 0 Å². The number of carbonyl (C=O) groups excluding carboxylic acids is 2. The van der Waals surface area contributed by atoms with Crippen LogP contribution in [0.2, 0.25) is 0 Å². The number of benzene rings is 1. The Morgan fingerprint density at radius 3 is 2.58 bits per heavy atom. The molecule has 144 valence electrons. The number of carbonyl (C=O) groups is 2. The highest BCUT2D eigenvalue weighted by Crippen LogP contribution is 2.25. The molecular weight excluding hydrogens is 344 g/mol. The van der Waals surface area contributed by atoms with E-state index in [0.717, 1.165) is 24.2 Å². The maximum absolute atomic E-state index is 12.5. The van der Waals surface area contributed by atoms with Crippen molar-refractivity contribution >= 4 is 23.6 Å². The van der Waals surface area contributed by atoms with Gasteiger partial charge in [0.05, 0.1) is 11.3 Å². The molecule has 0 spiro atoms. The van der Waals surface area contributed by atoms with Crippen molar-refractivity contribution in [3.05, 3.63) is 29.8 Å². The lowest BCUT2D eigenvalue weighted by Gasteiger charge is -2.31. The molecule has 1 N–H and O–H groups in total. The van der Waals surface area contributed by atoms with Gasteiger partial charge in [-0.1, -0.05) is 45.2 Å². The molecule has 1 aliphatic rings. The highest BCUT2D eigenvalue weighted by atomic mass is 32.2. The second-order valence-corrected chi connectivity index (χ2v) is 8.54. The Morgan fingerprint density at radius 1 is 1.19 bits per heavy atom. The Kier molecular flexibility index (Phi) is 8.49. The molecule has 5 heteroatoms. The van der Waals surface area contributed by atoms with Crippen molar-refractivity contribution in [2.45, 2.75) is 63.3 Å². The summed E-state index contributed by atoms with van der Waals surface area (Å²) in [7, 11) is 1.92. The minimum atomic E-state index is -0.0539. The fourth-order valence-corrected chi connectivity index (χ4v) is 4.24. The molecule has 4 nitrogen and oxygen atoms in total. The monoisotopic (exact) mass is 376 g/mol. The molecule has 0 aromatic heterocycles. The van der Waals surface area contributed by atoms with Gasteiger partial charge in [-0.15, -0.1) is 11.8 Å². The molecule has 0 bridgehead atoms. The lowest BCUT2D eigenvalue weighted by atomic mass is 9.94. The van der Waals surface area contributed by atoms with Crippen molar-refractivity contribution in [3.63, 3.8) is 0 Å². The smallest absolute Gasteiger partial charge is 0.252 e. The van der Waals surface area contributed by atoms with Gasteiger partial charge in [0.25, 0.3) is 5.91 Å². The van der Waals surface area contributed by atoms with Crippen LogP contribution in [0.15, 0.2) is 29.2 Å². The van der Waals surface area contributed by atoms with Gasteiger partial charge in [0.1, 0.15) is 0 Å². The Morgan fingerprint density at radius 2 is 1.88 bits per heavy atom. The second-order valence-electron chi connectivity index (χ2n) is 7.52. The number of nitrogens with one attached hydrogen (secondary N) is 1. The zero-order chi connectivity index (χ0) is 18.9. The summed E-state index contributed by atoms with van der Waals surface area (Å²) < 4.78 is 0. The summed E-state index contributed by atoms with van der Waals surface area (Å²) in [5.41, 5.74) is 0.661. The maximum Gasteiger partial charge on any atom is 0.252 e. The largest absolute Gasteiger partial charge is 0.352 e. The molecule has 0 unspecified atom stereocenters.